The number of ether oxygens (including phenoxy) is 1. The van der Waals surface area contributed by atoms with E-state index in [9.17, 15) is 8.78 Å². The van der Waals surface area contributed by atoms with Crippen LogP contribution in [0.2, 0.25) is 0 Å². The Bertz CT molecular complexity index is 575. The fourth-order valence-corrected chi connectivity index (χ4v) is 1.34. The molecule has 0 bridgehead atoms. The van der Waals surface area contributed by atoms with Crippen molar-refractivity contribution in [2.24, 2.45) is 0 Å². The molecule has 0 radical (unpaired) electrons. The summed E-state index contributed by atoms with van der Waals surface area (Å²) in [6.45, 7) is 1.78. The lowest BCUT2D eigenvalue weighted by molar-refractivity contribution is 0.396. The first-order valence-corrected chi connectivity index (χ1v) is 5.24. The van der Waals surface area contributed by atoms with Crippen LogP contribution in [-0.4, -0.2) is 17.0 Å². The molecular weight excluding hydrogens is 240 g/mol. The second-order valence-corrected chi connectivity index (χ2v) is 3.63. The molecule has 1 N–H and O–H groups in total. The van der Waals surface area contributed by atoms with Gasteiger partial charge in [0.05, 0.1) is 6.20 Å². The summed E-state index contributed by atoms with van der Waals surface area (Å²) in [6.07, 6.45) is 0.960. The molecule has 0 unspecified atom stereocenters. The van der Waals surface area contributed by atoms with Crippen LogP contribution in [-0.2, 0) is 0 Å². The lowest BCUT2D eigenvalue weighted by atomic mass is 10.2. The van der Waals surface area contributed by atoms with Crippen molar-refractivity contribution in [1.29, 1.82) is 0 Å². The molecule has 1 aromatic carbocycles. The van der Waals surface area contributed by atoms with Gasteiger partial charge in [0.25, 0.3) is 5.88 Å². The van der Waals surface area contributed by atoms with E-state index in [1.807, 2.05) is 0 Å². The summed E-state index contributed by atoms with van der Waals surface area (Å²) in [4.78, 5) is 7.44. The molecule has 0 aliphatic heterocycles. The number of rotatable bonds is 3. The van der Waals surface area contributed by atoms with Crippen molar-refractivity contribution < 1.29 is 13.5 Å². The van der Waals surface area contributed by atoms with Gasteiger partial charge in [-0.05, 0) is 24.6 Å². The van der Waals surface area contributed by atoms with Gasteiger partial charge in [-0.1, -0.05) is 6.07 Å². The normalized spacial score (nSPS) is 10.2. The van der Waals surface area contributed by atoms with Crippen LogP contribution >= 0.6 is 0 Å². The van der Waals surface area contributed by atoms with Crippen molar-refractivity contribution in [3.63, 3.8) is 0 Å². The predicted molar refractivity (Wildman–Crippen MR) is 62.7 cm³/mol. The third-order valence-corrected chi connectivity index (χ3v) is 2.23. The first-order chi connectivity index (χ1) is 8.60. The number of anilines is 1. The van der Waals surface area contributed by atoms with E-state index < -0.39 is 11.6 Å². The van der Waals surface area contributed by atoms with Crippen LogP contribution < -0.4 is 10.1 Å². The molecule has 1 heterocycles. The van der Waals surface area contributed by atoms with Gasteiger partial charge in [0, 0.05) is 7.05 Å². The Hall–Kier alpha value is -2.24. The highest BCUT2D eigenvalue weighted by molar-refractivity contribution is 5.34. The van der Waals surface area contributed by atoms with Crippen molar-refractivity contribution in [3.8, 4) is 11.6 Å². The molecule has 0 atom stereocenters. The smallest absolute Gasteiger partial charge is 0.260 e. The zero-order valence-electron chi connectivity index (χ0n) is 9.87. The summed E-state index contributed by atoms with van der Waals surface area (Å²) in [7, 11) is 1.59. The topological polar surface area (TPSA) is 47.0 Å². The Balaban J connectivity index is 2.36. The monoisotopic (exact) mass is 251 g/mol. The van der Waals surface area contributed by atoms with Crippen molar-refractivity contribution in [2.45, 2.75) is 6.92 Å². The minimum atomic E-state index is -0.755. The van der Waals surface area contributed by atoms with E-state index in [1.165, 1.54) is 12.1 Å². The molecule has 0 spiro atoms. The summed E-state index contributed by atoms with van der Waals surface area (Å²) in [6, 6.07) is 4.32. The van der Waals surface area contributed by atoms with E-state index in [0.29, 0.717) is 0 Å². The van der Waals surface area contributed by atoms with Crippen LogP contribution in [0.3, 0.4) is 0 Å². The lowest BCUT2D eigenvalue weighted by Crippen LogP contribution is -2.01. The van der Waals surface area contributed by atoms with Crippen LogP contribution in [0.25, 0.3) is 0 Å². The Morgan fingerprint density at radius 2 is 2.00 bits per heavy atom. The summed E-state index contributed by atoms with van der Waals surface area (Å²) in [5.41, 5.74) is 0.801. The molecule has 0 aliphatic carbocycles. The maximum atomic E-state index is 13.5. The molecule has 0 saturated heterocycles. The maximum Gasteiger partial charge on any atom is 0.260 e. The summed E-state index contributed by atoms with van der Waals surface area (Å²) < 4.78 is 32.0. The first kappa shape index (κ1) is 12.2. The summed E-state index contributed by atoms with van der Waals surface area (Å²) in [5, 5.41) is 2.64. The number of halogens is 2. The minimum Gasteiger partial charge on any atom is -0.433 e. The Labute approximate surface area is 103 Å². The van der Waals surface area contributed by atoms with Gasteiger partial charge in [0.15, 0.2) is 11.6 Å². The van der Waals surface area contributed by atoms with Crippen molar-refractivity contribution in [2.75, 3.05) is 12.4 Å². The van der Waals surface area contributed by atoms with Crippen molar-refractivity contribution >= 4 is 5.95 Å². The third-order valence-electron chi connectivity index (χ3n) is 2.23. The molecule has 6 heteroatoms. The number of hydrogen-bond donors (Lipinski definition) is 1. The lowest BCUT2D eigenvalue weighted by Gasteiger charge is -2.08. The van der Waals surface area contributed by atoms with Gasteiger partial charge < -0.3 is 10.1 Å². The number of nitrogens with zero attached hydrogens (tertiary/aromatic N) is 2. The molecule has 18 heavy (non-hydrogen) atoms. The van der Waals surface area contributed by atoms with Crippen LogP contribution in [0.1, 0.15) is 5.56 Å². The fraction of sp³-hybridized carbons (Fsp3) is 0.167. The Morgan fingerprint density at radius 1 is 1.22 bits per heavy atom. The van der Waals surface area contributed by atoms with Gasteiger partial charge in [0.1, 0.15) is 0 Å². The molecule has 0 saturated carbocycles. The summed E-state index contributed by atoms with van der Waals surface area (Å²) in [5.74, 6) is -1.53. The molecule has 2 aromatic rings. The van der Waals surface area contributed by atoms with E-state index in [2.05, 4.69) is 15.3 Å². The standard InChI is InChI=1S/C12H11F2N3O/c1-7-3-4-8(13)10(5-7)18-11-9(14)6-16-12(15-2)17-11/h3-6H,1-2H3,(H,15,16,17). The van der Waals surface area contributed by atoms with E-state index >= 15 is 0 Å². The van der Waals surface area contributed by atoms with Crippen molar-refractivity contribution in [3.05, 3.63) is 41.6 Å². The molecule has 0 aliphatic rings. The number of nitrogens with one attached hydrogen (secondary N) is 1. The van der Waals surface area contributed by atoms with E-state index in [1.54, 1.807) is 20.0 Å². The molecule has 0 fully saturated rings. The maximum absolute atomic E-state index is 13.5. The Kier molecular flexibility index (Phi) is 3.36. The van der Waals surface area contributed by atoms with Crippen LogP contribution in [0.5, 0.6) is 11.6 Å². The van der Waals surface area contributed by atoms with Crippen molar-refractivity contribution in [1.82, 2.24) is 9.97 Å². The number of aromatic nitrogens is 2. The third kappa shape index (κ3) is 2.53. The molecule has 94 valence electrons. The fourth-order valence-electron chi connectivity index (χ4n) is 1.34. The molecular formula is C12H11F2N3O. The van der Waals surface area contributed by atoms with Gasteiger partial charge in [0.2, 0.25) is 11.8 Å². The van der Waals surface area contributed by atoms with Gasteiger partial charge in [-0.2, -0.15) is 9.37 Å². The minimum absolute atomic E-state index is 0.0744. The molecule has 4 nitrogen and oxygen atoms in total. The van der Waals surface area contributed by atoms with Gasteiger partial charge >= 0.3 is 0 Å². The van der Waals surface area contributed by atoms with Gasteiger partial charge in [-0.15, -0.1) is 0 Å². The second kappa shape index (κ2) is 4.95. The highest BCUT2D eigenvalue weighted by Gasteiger charge is 2.12. The Morgan fingerprint density at radius 3 is 2.72 bits per heavy atom. The molecule has 2 rings (SSSR count). The average molecular weight is 251 g/mol. The van der Waals surface area contributed by atoms with Crippen LogP contribution in [0.15, 0.2) is 24.4 Å². The van der Waals surface area contributed by atoms with Gasteiger partial charge in [-0.3, -0.25) is 0 Å². The van der Waals surface area contributed by atoms with Gasteiger partial charge in [-0.25, -0.2) is 9.37 Å². The van der Waals surface area contributed by atoms with Crippen LogP contribution in [0, 0.1) is 18.6 Å². The quantitative estimate of drug-likeness (QED) is 0.911. The highest BCUT2D eigenvalue weighted by Crippen LogP contribution is 2.26. The predicted octanol–water partition coefficient (Wildman–Crippen LogP) is 2.90. The molecule has 1 aromatic heterocycles. The highest BCUT2D eigenvalue weighted by atomic mass is 19.1. The first-order valence-electron chi connectivity index (χ1n) is 5.24. The SMILES string of the molecule is CNc1ncc(F)c(Oc2cc(C)ccc2F)n1. The largest absolute Gasteiger partial charge is 0.433 e. The van der Waals surface area contributed by atoms with E-state index in [4.69, 9.17) is 4.74 Å². The van der Waals surface area contributed by atoms with E-state index in [-0.39, 0.29) is 17.6 Å². The van der Waals surface area contributed by atoms with E-state index in [0.717, 1.165) is 11.8 Å². The zero-order chi connectivity index (χ0) is 13.1. The molecule has 0 amide bonds. The number of hydrogen-bond acceptors (Lipinski definition) is 4. The average Bonchev–Trinajstić information content (AvgIpc) is 2.36. The summed E-state index contributed by atoms with van der Waals surface area (Å²) >= 11 is 0. The number of benzene rings is 1. The zero-order valence-corrected chi connectivity index (χ0v) is 9.87. The van der Waals surface area contributed by atoms with Crippen LogP contribution in [0.4, 0.5) is 14.7 Å². The second-order valence-electron chi connectivity index (χ2n) is 3.63. The number of aryl methyl sites for hydroxylation is 1.